The first-order valence-corrected chi connectivity index (χ1v) is 7.15. The molecule has 3 aromatic rings. The summed E-state index contributed by atoms with van der Waals surface area (Å²) in [5.41, 5.74) is 2.39. The lowest BCUT2D eigenvalue weighted by Gasteiger charge is -2.07. The van der Waals surface area contributed by atoms with E-state index in [1.165, 1.54) is 10.4 Å². The van der Waals surface area contributed by atoms with Gasteiger partial charge in [0.1, 0.15) is 17.0 Å². The van der Waals surface area contributed by atoms with Crippen molar-refractivity contribution in [1.82, 2.24) is 9.97 Å². The molecule has 0 fully saturated rings. The molecular formula is C15H15N3S. The van der Waals surface area contributed by atoms with Crippen LogP contribution in [0.4, 0.5) is 11.5 Å². The molecule has 0 atom stereocenters. The van der Waals surface area contributed by atoms with Crippen LogP contribution in [-0.2, 0) is 6.42 Å². The number of hydrogen-bond donors (Lipinski definition) is 1. The summed E-state index contributed by atoms with van der Waals surface area (Å²) in [4.78, 5) is 10.9. The fourth-order valence-electron chi connectivity index (χ4n) is 2.04. The van der Waals surface area contributed by atoms with Gasteiger partial charge in [-0.15, -0.1) is 11.3 Å². The van der Waals surface area contributed by atoms with Crippen LogP contribution in [0.1, 0.15) is 17.4 Å². The van der Waals surface area contributed by atoms with E-state index in [1.807, 2.05) is 0 Å². The molecule has 1 aromatic carbocycles. The zero-order valence-electron chi connectivity index (χ0n) is 11.0. The topological polar surface area (TPSA) is 37.8 Å². The highest BCUT2D eigenvalue weighted by molar-refractivity contribution is 7.18. The second kappa shape index (κ2) is 4.97. The van der Waals surface area contributed by atoms with E-state index in [0.717, 1.165) is 28.1 Å². The number of nitrogens with zero attached hydrogens (tertiary/aromatic N) is 2. The van der Waals surface area contributed by atoms with E-state index in [-0.39, 0.29) is 0 Å². The summed E-state index contributed by atoms with van der Waals surface area (Å²) in [5, 5.41) is 4.45. The van der Waals surface area contributed by atoms with Gasteiger partial charge in [0.15, 0.2) is 0 Å². The van der Waals surface area contributed by atoms with Crippen molar-refractivity contribution in [3.05, 3.63) is 47.1 Å². The van der Waals surface area contributed by atoms with Gasteiger partial charge in [-0.25, -0.2) is 9.97 Å². The fraction of sp³-hybridized carbons (Fsp3) is 0.200. The third kappa shape index (κ3) is 2.44. The minimum absolute atomic E-state index is 0.874. The van der Waals surface area contributed by atoms with Gasteiger partial charge in [0.2, 0.25) is 0 Å². The highest BCUT2D eigenvalue weighted by Gasteiger charge is 2.06. The van der Waals surface area contributed by atoms with Crippen LogP contribution in [0, 0.1) is 6.92 Å². The number of anilines is 2. The Kier molecular flexibility index (Phi) is 3.17. The molecule has 3 rings (SSSR count). The maximum absolute atomic E-state index is 4.34. The molecule has 4 heteroatoms. The van der Waals surface area contributed by atoms with Gasteiger partial charge in [0, 0.05) is 10.6 Å². The Morgan fingerprint density at radius 1 is 1.16 bits per heavy atom. The van der Waals surface area contributed by atoms with Crippen LogP contribution in [0.2, 0.25) is 0 Å². The first-order valence-electron chi connectivity index (χ1n) is 6.33. The van der Waals surface area contributed by atoms with Crippen LogP contribution in [0.15, 0.2) is 36.7 Å². The second-order valence-electron chi connectivity index (χ2n) is 4.47. The minimum atomic E-state index is 0.874. The summed E-state index contributed by atoms with van der Waals surface area (Å²) < 4.78 is 0. The maximum atomic E-state index is 4.34. The van der Waals surface area contributed by atoms with Gasteiger partial charge >= 0.3 is 0 Å². The molecule has 0 aliphatic heterocycles. The number of benzene rings is 1. The van der Waals surface area contributed by atoms with Gasteiger partial charge in [0.25, 0.3) is 0 Å². The quantitative estimate of drug-likeness (QED) is 0.770. The molecule has 2 heterocycles. The van der Waals surface area contributed by atoms with Crippen molar-refractivity contribution in [3.8, 4) is 0 Å². The summed E-state index contributed by atoms with van der Waals surface area (Å²) in [7, 11) is 0. The fourth-order valence-corrected chi connectivity index (χ4v) is 2.88. The Labute approximate surface area is 116 Å². The molecule has 0 spiro atoms. The third-order valence-electron chi connectivity index (χ3n) is 3.08. The highest BCUT2D eigenvalue weighted by Crippen LogP contribution is 2.29. The first-order chi connectivity index (χ1) is 9.26. The standard InChI is InChI=1S/C15H15N3S/c1-3-11-4-6-12(7-5-11)18-14-13-8-10(2)19-15(13)17-9-16-14/h4-9H,3H2,1-2H3,(H,16,17,18). The number of aryl methyl sites for hydroxylation is 2. The second-order valence-corrected chi connectivity index (χ2v) is 5.71. The predicted octanol–water partition coefficient (Wildman–Crippen LogP) is 4.31. The van der Waals surface area contributed by atoms with E-state index in [4.69, 9.17) is 0 Å². The molecule has 0 aliphatic rings. The van der Waals surface area contributed by atoms with Gasteiger partial charge in [-0.1, -0.05) is 19.1 Å². The van der Waals surface area contributed by atoms with E-state index in [0.29, 0.717) is 0 Å². The van der Waals surface area contributed by atoms with Gasteiger partial charge in [-0.05, 0) is 37.1 Å². The van der Waals surface area contributed by atoms with Gasteiger partial charge < -0.3 is 5.32 Å². The first kappa shape index (κ1) is 12.1. The van der Waals surface area contributed by atoms with Crippen LogP contribution >= 0.6 is 11.3 Å². The van der Waals surface area contributed by atoms with Crippen molar-refractivity contribution in [3.63, 3.8) is 0 Å². The van der Waals surface area contributed by atoms with Crippen molar-refractivity contribution in [2.45, 2.75) is 20.3 Å². The average Bonchev–Trinajstić information content (AvgIpc) is 2.81. The molecule has 0 saturated carbocycles. The van der Waals surface area contributed by atoms with E-state index < -0.39 is 0 Å². The lowest BCUT2D eigenvalue weighted by atomic mass is 10.1. The SMILES string of the molecule is CCc1ccc(Nc2ncnc3sc(C)cc23)cc1. The number of nitrogens with one attached hydrogen (secondary N) is 1. The van der Waals surface area contributed by atoms with Crippen LogP contribution in [-0.4, -0.2) is 9.97 Å². The van der Waals surface area contributed by atoms with E-state index in [9.17, 15) is 0 Å². The molecule has 0 radical (unpaired) electrons. The molecule has 2 aromatic heterocycles. The monoisotopic (exact) mass is 269 g/mol. The lowest BCUT2D eigenvalue weighted by Crippen LogP contribution is -1.94. The Bertz CT molecular complexity index is 701. The molecule has 0 unspecified atom stereocenters. The van der Waals surface area contributed by atoms with Crippen LogP contribution in [0.25, 0.3) is 10.2 Å². The summed E-state index contributed by atoms with van der Waals surface area (Å²) >= 11 is 1.69. The van der Waals surface area contributed by atoms with Crippen LogP contribution in [0.5, 0.6) is 0 Å². The zero-order valence-corrected chi connectivity index (χ0v) is 11.8. The number of rotatable bonds is 3. The number of aromatic nitrogens is 2. The summed E-state index contributed by atoms with van der Waals surface area (Å²) in [6.45, 7) is 4.25. The molecule has 3 nitrogen and oxygen atoms in total. The Hall–Kier alpha value is -1.94. The highest BCUT2D eigenvalue weighted by atomic mass is 32.1. The predicted molar refractivity (Wildman–Crippen MR) is 81.3 cm³/mol. The van der Waals surface area contributed by atoms with E-state index >= 15 is 0 Å². The van der Waals surface area contributed by atoms with E-state index in [2.05, 4.69) is 59.5 Å². The Morgan fingerprint density at radius 3 is 2.68 bits per heavy atom. The molecule has 0 bridgehead atoms. The zero-order chi connectivity index (χ0) is 13.2. The molecule has 0 saturated heterocycles. The number of hydrogen-bond acceptors (Lipinski definition) is 4. The number of thiophene rings is 1. The Morgan fingerprint density at radius 2 is 1.95 bits per heavy atom. The Balaban J connectivity index is 1.95. The van der Waals surface area contributed by atoms with Gasteiger partial charge in [-0.2, -0.15) is 0 Å². The molecule has 0 aliphatic carbocycles. The summed E-state index contributed by atoms with van der Waals surface area (Å²) in [6.07, 6.45) is 2.67. The lowest BCUT2D eigenvalue weighted by molar-refractivity contribution is 1.14. The smallest absolute Gasteiger partial charge is 0.142 e. The third-order valence-corrected chi connectivity index (χ3v) is 4.04. The van der Waals surface area contributed by atoms with Crippen molar-refractivity contribution in [1.29, 1.82) is 0 Å². The molecule has 1 N–H and O–H groups in total. The summed E-state index contributed by atoms with van der Waals surface area (Å²) in [6, 6.07) is 10.6. The maximum Gasteiger partial charge on any atom is 0.142 e. The number of fused-ring (bicyclic) bond motifs is 1. The van der Waals surface area contributed by atoms with Crippen molar-refractivity contribution in [2.75, 3.05) is 5.32 Å². The van der Waals surface area contributed by atoms with Crippen LogP contribution < -0.4 is 5.32 Å². The largest absolute Gasteiger partial charge is 0.340 e. The molecular weight excluding hydrogens is 254 g/mol. The van der Waals surface area contributed by atoms with Crippen molar-refractivity contribution >= 4 is 33.1 Å². The van der Waals surface area contributed by atoms with Crippen molar-refractivity contribution < 1.29 is 0 Å². The molecule has 19 heavy (non-hydrogen) atoms. The average molecular weight is 269 g/mol. The van der Waals surface area contributed by atoms with E-state index in [1.54, 1.807) is 17.7 Å². The van der Waals surface area contributed by atoms with Crippen molar-refractivity contribution in [2.24, 2.45) is 0 Å². The minimum Gasteiger partial charge on any atom is -0.340 e. The van der Waals surface area contributed by atoms with Gasteiger partial charge in [0.05, 0.1) is 5.39 Å². The normalized spacial score (nSPS) is 10.8. The molecule has 0 amide bonds. The van der Waals surface area contributed by atoms with Gasteiger partial charge in [-0.3, -0.25) is 0 Å². The van der Waals surface area contributed by atoms with Crippen LogP contribution in [0.3, 0.4) is 0 Å². The molecule has 96 valence electrons. The summed E-state index contributed by atoms with van der Waals surface area (Å²) in [5.74, 6) is 0.874.